The monoisotopic (exact) mass is 558 g/mol. The number of piperazine rings is 1. The van der Waals surface area contributed by atoms with Crippen molar-refractivity contribution in [3.63, 3.8) is 0 Å². The highest BCUT2D eigenvalue weighted by Gasteiger charge is 2.36. The number of ether oxygens (including phenoxy) is 1. The lowest BCUT2D eigenvalue weighted by molar-refractivity contribution is -0.137. The molecule has 8 nitrogen and oxygen atoms in total. The molecule has 3 heterocycles. The molecule has 1 amide bonds. The van der Waals surface area contributed by atoms with E-state index in [0.717, 1.165) is 28.8 Å². The highest BCUT2D eigenvalue weighted by atomic mass is 32.2. The summed E-state index contributed by atoms with van der Waals surface area (Å²) in [7, 11) is -2.04. The standard InChI is InChI=1S/C24H23F5N4O4S/c1-12-9-32(5-4-30-12)23(36)37-21-16-6-13(24(27,28)29)7-19-20(16)33(22(35)31-21)10-15(34)11-38(19)18-3-2-14(25)8-17(18)26/h2-3,6-8,12,15,30,34,38H,4-5,9-11H2,1H3. The fourth-order valence-corrected chi connectivity index (χ4v) is 7.30. The van der Waals surface area contributed by atoms with Gasteiger partial charge in [0.15, 0.2) is 0 Å². The van der Waals surface area contributed by atoms with E-state index in [1.807, 2.05) is 6.92 Å². The number of carbonyl (C=O) groups excluding carboxylic acids is 1. The number of benzene rings is 2. The smallest absolute Gasteiger partial charge is 0.390 e. The zero-order valence-corrected chi connectivity index (χ0v) is 20.8. The van der Waals surface area contributed by atoms with Crippen LogP contribution >= 0.6 is 10.9 Å². The number of hydrogen-bond donors (Lipinski definition) is 3. The molecule has 3 atom stereocenters. The zero-order chi connectivity index (χ0) is 27.4. The van der Waals surface area contributed by atoms with Crippen molar-refractivity contribution in [2.24, 2.45) is 0 Å². The largest absolute Gasteiger partial charge is 0.416 e. The average molecular weight is 559 g/mol. The van der Waals surface area contributed by atoms with Gasteiger partial charge >= 0.3 is 18.0 Å². The van der Waals surface area contributed by atoms with Gasteiger partial charge in [0.25, 0.3) is 0 Å². The van der Waals surface area contributed by atoms with Crippen LogP contribution in [-0.2, 0) is 12.7 Å². The third-order valence-electron chi connectivity index (χ3n) is 6.43. The fourth-order valence-electron chi connectivity index (χ4n) is 4.74. The number of hydrogen-bond acceptors (Lipinski definition) is 6. The number of aliphatic hydroxyl groups is 1. The van der Waals surface area contributed by atoms with Gasteiger partial charge < -0.3 is 20.1 Å². The van der Waals surface area contributed by atoms with Gasteiger partial charge in [0.1, 0.15) is 11.6 Å². The molecule has 1 fully saturated rings. The van der Waals surface area contributed by atoms with Crippen molar-refractivity contribution in [1.29, 1.82) is 0 Å². The van der Waals surface area contributed by atoms with Crippen LogP contribution in [0.25, 0.3) is 10.9 Å². The second-order valence-corrected chi connectivity index (χ2v) is 11.4. The Balaban J connectivity index is 1.74. The minimum absolute atomic E-state index is 0.0535. The molecule has 2 N–H and O–H groups in total. The number of alkyl halides is 3. The molecule has 0 bridgehead atoms. The third-order valence-corrected chi connectivity index (χ3v) is 9.09. The molecule has 3 unspecified atom stereocenters. The third kappa shape index (κ3) is 4.95. The van der Waals surface area contributed by atoms with E-state index in [2.05, 4.69) is 10.3 Å². The first kappa shape index (κ1) is 26.4. The van der Waals surface area contributed by atoms with Crippen LogP contribution in [0.15, 0.2) is 44.9 Å². The molecule has 0 saturated carbocycles. The summed E-state index contributed by atoms with van der Waals surface area (Å²) in [6.45, 7) is 2.53. The second-order valence-electron chi connectivity index (χ2n) is 9.23. The molecule has 204 valence electrons. The first-order valence-electron chi connectivity index (χ1n) is 11.7. The lowest BCUT2D eigenvalue weighted by atomic mass is 10.1. The lowest BCUT2D eigenvalue weighted by Gasteiger charge is -2.31. The number of carbonyl (C=O) groups is 1. The van der Waals surface area contributed by atoms with E-state index in [0.29, 0.717) is 12.6 Å². The number of halogens is 5. The number of thiol groups is 1. The average Bonchev–Trinajstić information content (AvgIpc) is 2.98. The molecule has 0 radical (unpaired) electrons. The molecule has 14 heteroatoms. The second kappa shape index (κ2) is 9.82. The Morgan fingerprint density at radius 2 is 1.95 bits per heavy atom. The van der Waals surface area contributed by atoms with Crippen molar-refractivity contribution >= 4 is 27.9 Å². The topological polar surface area (TPSA) is 96.7 Å². The lowest BCUT2D eigenvalue weighted by Crippen LogP contribution is -2.52. The summed E-state index contributed by atoms with van der Waals surface area (Å²) in [4.78, 5) is 30.8. The molecule has 2 aliphatic heterocycles. The summed E-state index contributed by atoms with van der Waals surface area (Å²) < 4.78 is 76.9. The minimum Gasteiger partial charge on any atom is -0.390 e. The Morgan fingerprint density at radius 3 is 2.63 bits per heavy atom. The Morgan fingerprint density at radius 1 is 1.18 bits per heavy atom. The molecule has 5 rings (SSSR count). The normalized spacial score (nSPS) is 22.8. The van der Waals surface area contributed by atoms with Crippen LogP contribution < -0.4 is 15.7 Å². The molecular weight excluding hydrogens is 535 g/mol. The quantitative estimate of drug-likeness (QED) is 0.330. The Kier molecular flexibility index (Phi) is 6.82. The van der Waals surface area contributed by atoms with Crippen molar-refractivity contribution in [3.05, 3.63) is 58.0 Å². The predicted octanol–water partition coefficient (Wildman–Crippen LogP) is 3.28. The van der Waals surface area contributed by atoms with Crippen LogP contribution in [0.1, 0.15) is 12.5 Å². The number of aromatic nitrogens is 2. The van der Waals surface area contributed by atoms with Gasteiger partial charge in [0.2, 0.25) is 5.88 Å². The first-order chi connectivity index (χ1) is 17.9. The van der Waals surface area contributed by atoms with Gasteiger partial charge in [-0.2, -0.15) is 29.1 Å². The molecule has 1 saturated heterocycles. The molecule has 0 spiro atoms. The molecular formula is C24H23F5N4O4S. The molecule has 3 aromatic rings. The minimum atomic E-state index is -4.85. The van der Waals surface area contributed by atoms with E-state index in [4.69, 9.17) is 4.74 Å². The molecule has 38 heavy (non-hydrogen) atoms. The van der Waals surface area contributed by atoms with Gasteiger partial charge in [-0.25, -0.2) is 18.4 Å². The van der Waals surface area contributed by atoms with Crippen molar-refractivity contribution < 1.29 is 36.6 Å². The van der Waals surface area contributed by atoms with Crippen LogP contribution in [0.2, 0.25) is 0 Å². The summed E-state index contributed by atoms with van der Waals surface area (Å²) in [6, 6.07) is 4.18. The maximum absolute atomic E-state index is 14.9. The number of nitrogens with zero attached hydrogens (tertiary/aromatic N) is 3. The van der Waals surface area contributed by atoms with Gasteiger partial charge in [0.05, 0.1) is 29.1 Å². The highest BCUT2D eigenvalue weighted by molar-refractivity contribution is 8.17. The number of aliphatic hydroxyl groups excluding tert-OH is 1. The molecule has 0 aliphatic carbocycles. The first-order valence-corrected chi connectivity index (χ1v) is 13.2. The van der Waals surface area contributed by atoms with Crippen molar-refractivity contribution in [3.8, 4) is 5.88 Å². The van der Waals surface area contributed by atoms with Crippen LogP contribution in [0, 0.1) is 11.6 Å². The summed E-state index contributed by atoms with van der Waals surface area (Å²) >= 11 is 0. The highest BCUT2D eigenvalue weighted by Crippen LogP contribution is 2.52. The van der Waals surface area contributed by atoms with Crippen LogP contribution in [0.4, 0.5) is 26.7 Å². The summed E-state index contributed by atoms with van der Waals surface area (Å²) in [6.07, 6.45) is -6.98. The number of rotatable bonds is 2. The van der Waals surface area contributed by atoms with E-state index in [1.54, 1.807) is 0 Å². The van der Waals surface area contributed by atoms with Crippen molar-refractivity contribution in [2.75, 3.05) is 25.4 Å². The maximum atomic E-state index is 14.9. The zero-order valence-electron chi connectivity index (χ0n) is 19.9. The van der Waals surface area contributed by atoms with E-state index in [-0.39, 0.29) is 52.1 Å². The summed E-state index contributed by atoms with van der Waals surface area (Å²) in [5.74, 6) is -2.67. The van der Waals surface area contributed by atoms with Crippen molar-refractivity contribution in [2.45, 2.75) is 41.6 Å². The summed E-state index contributed by atoms with van der Waals surface area (Å²) in [5.41, 5.74) is -2.14. The summed E-state index contributed by atoms with van der Waals surface area (Å²) in [5, 5.41) is 13.5. The van der Waals surface area contributed by atoms with Crippen LogP contribution in [0.5, 0.6) is 5.88 Å². The molecule has 2 aromatic carbocycles. The van der Waals surface area contributed by atoms with Gasteiger partial charge in [0, 0.05) is 47.3 Å². The van der Waals surface area contributed by atoms with E-state index in [9.17, 15) is 36.6 Å². The van der Waals surface area contributed by atoms with Crippen LogP contribution in [0.3, 0.4) is 0 Å². The number of amides is 1. The predicted molar refractivity (Wildman–Crippen MR) is 129 cm³/mol. The number of nitrogens with one attached hydrogen (secondary N) is 1. The van der Waals surface area contributed by atoms with Gasteiger partial charge in [-0.15, -0.1) is 0 Å². The SMILES string of the molecule is CC1CN(C(=O)Oc2nc(=O)n3c4c(cc(C(F)(F)F)cc24)[SH](c2ccc(F)cc2F)CC(O)C3)CCN1. The Labute approximate surface area is 215 Å². The van der Waals surface area contributed by atoms with Crippen molar-refractivity contribution in [1.82, 2.24) is 19.8 Å². The van der Waals surface area contributed by atoms with Gasteiger partial charge in [-0.05, 0) is 31.2 Å². The molecule has 2 aliphatic rings. The van der Waals surface area contributed by atoms with E-state index < -0.39 is 58.0 Å². The van der Waals surface area contributed by atoms with Gasteiger partial charge in [-0.1, -0.05) is 0 Å². The van der Waals surface area contributed by atoms with Gasteiger partial charge in [-0.3, -0.25) is 4.57 Å². The van der Waals surface area contributed by atoms with E-state index in [1.165, 1.54) is 4.90 Å². The molecule has 1 aromatic heterocycles. The maximum Gasteiger partial charge on any atom is 0.416 e. The Bertz CT molecular complexity index is 1480. The van der Waals surface area contributed by atoms with E-state index >= 15 is 0 Å². The van der Waals surface area contributed by atoms with Crippen LogP contribution in [-0.4, -0.2) is 63.2 Å². The Hall–Kier alpha value is -3.23. The fraction of sp³-hybridized carbons (Fsp3) is 0.375.